The Labute approximate surface area is 107 Å². The summed E-state index contributed by atoms with van der Waals surface area (Å²) in [6.07, 6.45) is 2.52. The lowest BCUT2D eigenvalue weighted by Crippen LogP contribution is -2.07. The molecule has 18 heavy (non-hydrogen) atoms. The maximum atomic E-state index is 11.4. The van der Waals surface area contributed by atoms with Crippen molar-refractivity contribution < 1.29 is 9.53 Å². The molecule has 0 bridgehead atoms. The van der Waals surface area contributed by atoms with Gasteiger partial charge in [-0.2, -0.15) is 0 Å². The van der Waals surface area contributed by atoms with Crippen LogP contribution in [-0.4, -0.2) is 17.6 Å². The predicted molar refractivity (Wildman–Crippen MR) is 72.6 cm³/mol. The Morgan fingerprint density at radius 3 is 2.83 bits per heavy atom. The topological polar surface area (TPSA) is 42.1 Å². The van der Waals surface area contributed by atoms with E-state index in [4.69, 9.17) is 4.74 Å². The van der Waals surface area contributed by atoms with Gasteiger partial charge in [0.15, 0.2) is 0 Å². The molecule has 2 rings (SSSR count). The van der Waals surface area contributed by atoms with Crippen molar-refractivity contribution in [1.82, 2.24) is 4.98 Å². The molecule has 0 radical (unpaired) electrons. The standard InChI is InChI=1S/C15H19NO2/c1-3-5-13-10-12-7-6-11(8-14(12)16-13)9-15(17)18-4-2/h6-8,10,16H,3-5,9H2,1-2H3. The molecule has 1 N–H and O–H groups in total. The molecule has 3 heteroatoms. The van der Waals surface area contributed by atoms with Crippen LogP contribution in [0.1, 0.15) is 31.5 Å². The molecule has 0 saturated heterocycles. The van der Waals surface area contributed by atoms with Crippen LogP contribution in [0.15, 0.2) is 24.3 Å². The van der Waals surface area contributed by atoms with E-state index in [1.807, 2.05) is 19.1 Å². The number of H-pyrrole nitrogens is 1. The molecule has 2 aromatic rings. The number of aryl methyl sites for hydroxylation is 1. The Morgan fingerprint density at radius 2 is 2.11 bits per heavy atom. The Morgan fingerprint density at radius 1 is 1.28 bits per heavy atom. The van der Waals surface area contributed by atoms with Gasteiger partial charge in [0.2, 0.25) is 0 Å². The molecule has 0 atom stereocenters. The summed E-state index contributed by atoms with van der Waals surface area (Å²) >= 11 is 0. The second-order valence-corrected chi connectivity index (χ2v) is 4.45. The van der Waals surface area contributed by atoms with E-state index >= 15 is 0 Å². The Hall–Kier alpha value is -1.77. The van der Waals surface area contributed by atoms with E-state index in [0.717, 1.165) is 23.9 Å². The number of carbonyl (C=O) groups excluding carboxylic acids is 1. The molecule has 0 aliphatic heterocycles. The van der Waals surface area contributed by atoms with Gasteiger partial charge < -0.3 is 9.72 Å². The Bertz CT molecular complexity index is 542. The maximum Gasteiger partial charge on any atom is 0.310 e. The molecule has 0 amide bonds. The van der Waals surface area contributed by atoms with Gasteiger partial charge in [0, 0.05) is 11.2 Å². The molecule has 96 valence electrons. The first-order valence-corrected chi connectivity index (χ1v) is 6.49. The number of aromatic amines is 1. The van der Waals surface area contributed by atoms with E-state index in [2.05, 4.69) is 24.0 Å². The number of ether oxygens (including phenoxy) is 1. The largest absolute Gasteiger partial charge is 0.466 e. The van der Waals surface area contributed by atoms with Crippen LogP contribution < -0.4 is 0 Å². The van der Waals surface area contributed by atoms with Crippen molar-refractivity contribution in [2.45, 2.75) is 33.1 Å². The van der Waals surface area contributed by atoms with Gasteiger partial charge in [0.25, 0.3) is 0 Å². The number of esters is 1. The number of hydrogen-bond acceptors (Lipinski definition) is 2. The highest BCUT2D eigenvalue weighted by molar-refractivity contribution is 5.82. The molecule has 1 heterocycles. The molecular weight excluding hydrogens is 226 g/mol. The number of carbonyl (C=O) groups is 1. The lowest BCUT2D eigenvalue weighted by Gasteiger charge is -2.02. The van der Waals surface area contributed by atoms with Crippen molar-refractivity contribution in [1.29, 1.82) is 0 Å². The van der Waals surface area contributed by atoms with E-state index in [-0.39, 0.29) is 5.97 Å². The molecule has 1 aromatic carbocycles. The van der Waals surface area contributed by atoms with Crippen LogP contribution in [0.4, 0.5) is 0 Å². The van der Waals surface area contributed by atoms with E-state index in [1.54, 1.807) is 0 Å². The van der Waals surface area contributed by atoms with Gasteiger partial charge in [-0.15, -0.1) is 0 Å². The van der Waals surface area contributed by atoms with Crippen molar-refractivity contribution in [2.75, 3.05) is 6.61 Å². The zero-order valence-electron chi connectivity index (χ0n) is 11.0. The first-order chi connectivity index (χ1) is 8.72. The maximum absolute atomic E-state index is 11.4. The van der Waals surface area contributed by atoms with Gasteiger partial charge in [-0.05, 0) is 36.4 Å². The summed E-state index contributed by atoms with van der Waals surface area (Å²) in [6.45, 7) is 4.42. The van der Waals surface area contributed by atoms with Gasteiger partial charge in [-0.25, -0.2) is 0 Å². The van der Waals surface area contributed by atoms with E-state index in [0.29, 0.717) is 13.0 Å². The van der Waals surface area contributed by atoms with Crippen molar-refractivity contribution >= 4 is 16.9 Å². The minimum Gasteiger partial charge on any atom is -0.466 e. The molecule has 0 saturated carbocycles. The summed E-state index contributed by atoms with van der Waals surface area (Å²) in [6, 6.07) is 8.25. The van der Waals surface area contributed by atoms with E-state index in [9.17, 15) is 4.79 Å². The van der Waals surface area contributed by atoms with Crippen molar-refractivity contribution in [2.24, 2.45) is 0 Å². The zero-order chi connectivity index (χ0) is 13.0. The van der Waals surface area contributed by atoms with Crippen LogP contribution in [0.25, 0.3) is 10.9 Å². The summed E-state index contributed by atoms with van der Waals surface area (Å²) in [5.41, 5.74) is 3.34. The fourth-order valence-electron chi connectivity index (χ4n) is 2.13. The lowest BCUT2D eigenvalue weighted by atomic mass is 10.1. The first-order valence-electron chi connectivity index (χ1n) is 6.49. The zero-order valence-corrected chi connectivity index (χ0v) is 11.0. The average molecular weight is 245 g/mol. The van der Waals surface area contributed by atoms with Gasteiger partial charge in [0.1, 0.15) is 0 Å². The molecule has 1 aromatic heterocycles. The van der Waals surface area contributed by atoms with Crippen molar-refractivity contribution in [3.8, 4) is 0 Å². The molecule has 0 aliphatic carbocycles. The monoisotopic (exact) mass is 245 g/mol. The van der Waals surface area contributed by atoms with E-state index in [1.165, 1.54) is 11.1 Å². The van der Waals surface area contributed by atoms with Crippen LogP contribution in [0.5, 0.6) is 0 Å². The Balaban J connectivity index is 2.18. The first kappa shape index (κ1) is 12.7. The normalized spacial score (nSPS) is 10.8. The molecular formula is C15H19NO2. The SMILES string of the molecule is CCCc1cc2ccc(CC(=O)OCC)cc2[nH]1. The molecule has 3 nitrogen and oxygen atoms in total. The number of benzene rings is 1. The summed E-state index contributed by atoms with van der Waals surface area (Å²) in [4.78, 5) is 14.8. The van der Waals surface area contributed by atoms with Crippen LogP contribution >= 0.6 is 0 Å². The summed E-state index contributed by atoms with van der Waals surface area (Å²) in [7, 11) is 0. The minimum atomic E-state index is -0.169. The quantitative estimate of drug-likeness (QED) is 0.822. The predicted octanol–water partition coefficient (Wildman–Crippen LogP) is 3.23. The van der Waals surface area contributed by atoms with E-state index < -0.39 is 0 Å². The van der Waals surface area contributed by atoms with Gasteiger partial charge in [-0.1, -0.05) is 25.5 Å². The molecule has 0 unspecified atom stereocenters. The Kier molecular flexibility index (Phi) is 4.03. The van der Waals surface area contributed by atoms with Crippen LogP contribution in [-0.2, 0) is 22.4 Å². The summed E-state index contributed by atoms with van der Waals surface area (Å²) in [5.74, 6) is -0.169. The smallest absolute Gasteiger partial charge is 0.310 e. The van der Waals surface area contributed by atoms with Gasteiger partial charge in [-0.3, -0.25) is 4.79 Å². The van der Waals surface area contributed by atoms with Crippen molar-refractivity contribution in [3.63, 3.8) is 0 Å². The number of aromatic nitrogens is 1. The second-order valence-electron chi connectivity index (χ2n) is 4.45. The van der Waals surface area contributed by atoms with Crippen LogP contribution in [0.2, 0.25) is 0 Å². The van der Waals surface area contributed by atoms with Crippen molar-refractivity contribution in [3.05, 3.63) is 35.5 Å². The second kappa shape index (κ2) is 5.71. The fraction of sp³-hybridized carbons (Fsp3) is 0.400. The molecule has 0 aliphatic rings. The number of rotatable bonds is 5. The number of nitrogens with one attached hydrogen (secondary N) is 1. The van der Waals surface area contributed by atoms with Gasteiger partial charge >= 0.3 is 5.97 Å². The van der Waals surface area contributed by atoms with Gasteiger partial charge in [0.05, 0.1) is 13.0 Å². The third kappa shape index (κ3) is 2.92. The fourth-order valence-corrected chi connectivity index (χ4v) is 2.13. The van der Waals surface area contributed by atoms with Crippen LogP contribution in [0.3, 0.4) is 0 Å². The third-order valence-electron chi connectivity index (χ3n) is 2.92. The highest BCUT2D eigenvalue weighted by atomic mass is 16.5. The summed E-state index contributed by atoms with van der Waals surface area (Å²) in [5, 5.41) is 1.20. The molecule has 0 spiro atoms. The highest BCUT2D eigenvalue weighted by Crippen LogP contribution is 2.18. The lowest BCUT2D eigenvalue weighted by molar-refractivity contribution is -0.142. The minimum absolute atomic E-state index is 0.169. The molecule has 0 fully saturated rings. The number of hydrogen-bond donors (Lipinski definition) is 1. The third-order valence-corrected chi connectivity index (χ3v) is 2.92. The average Bonchev–Trinajstić information content (AvgIpc) is 2.71. The summed E-state index contributed by atoms with van der Waals surface area (Å²) < 4.78 is 4.95. The number of fused-ring (bicyclic) bond motifs is 1. The van der Waals surface area contributed by atoms with Crippen LogP contribution in [0, 0.1) is 0 Å². The highest BCUT2D eigenvalue weighted by Gasteiger charge is 2.06.